The standard InChI is InChI=1S/C30H56N/c1-3-5-7-9-11-12-13-14-15-16-17-18-19-21-23-27-31-28-24-26-30(29-31)25-22-20-10-8-6-4-2/h24,26,28-29H,3-23,25,27H2,1-2H3/q+1. The molecular weight excluding hydrogens is 374 g/mol. The molecular formula is C30H56N+. The van der Waals surface area contributed by atoms with Gasteiger partial charge < -0.3 is 0 Å². The molecule has 180 valence electrons. The van der Waals surface area contributed by atoms with Gasteiger partial charge in [-0.1, -0.05) is 129 Å². The molecule has 1 heteroatoms. The molecule has 0 aliphatic carbocycles. The van der Waals surface area contributed by atoms with E-state index in [0.717, 1.165) is 0 Å². The van der Waals surface area contributed by atoms with Crippen LogP contribution in [0.2, 0.25) is 0 Å². The van der Waals surface area contributed by atoms with Crippen LogP contribution in [0.25, 0.3) is 0 Å². The van der Waals surface area contributed by atoms with Crippen molar-refractivity contribution >= 4 is 0 Å². The van der Waals surface area contributed by atoms with Gasteiger partial charge in [0, 0.05) is 18.1 Å². The lowest BCUT2D eigenvalue weighted by Crippen LogP contribution is -2.33. The molecule has 0 saturated carbocycles. The highest BCUT2D eigenvalue weighted by molar-refractivity contribution is 5.05. The van der Waals surface area contributed by atoms with Crippen LogP contribution >= 0.6 is 0 Å². The Morgan fingerprint density at radius 1 is 0.516 bits per heavy atom. The number of aryl methyl sites for hydroxylation is 2. The Labute approximate surface area is 196 Å². The first-order valence-electron chi connectivity index (χ1n) is 14.3. The molecule has 0 amide bonds. The number of aromatic nitrogens is 1. The van der Waals surface area contributed by atoms with Crippen molar-refractivity contribution in [2.75, 3.05) is 0 Å². The van der Waals surface area contributed by atoms with Crippen LogP contribution in [0.3, 0.4) is 0 Å². The summed E-state index contributed by atoms with van der Waals surface area (Å²) in [4.78, 5) is 0. The minimum Gasteiger partial charge on any atom is -0.205 e. The first kappa shape index (κ1) is 28.2. The molecule has 0 radical (unpaired) electrons. The molecule has 1 aromatic heterocycles. The predicted octanol–water partition coefficient (Wildman–Crippen LogP) is 9.75. The zero-order valence-corrected chi connectivity index (χ0v) is 21.5. The highest BCUT2D eigenvalue weighted by Crippen LogP contribution is 2.13. The smallest absolute Gasteiger partial charge is 0.171 e. The van der Waals surface area contributed by atoms with Crippen molar-refractivity contribution in [2.45, 2.75) is 162 Å². The summed E-state index contributed by atoms with van der Waals surface area (Å²) >= 11 is 0. The zero-order chi connectivity index (χ0) is 22.2. The van der Waals surface area contributed by atoms with E-state index < -0.39 is 0 Å². The predicted molar refractivity (Wildman–Crippen MR) is 139 cm³/mol. The van der Waals surface area contributed by atoms with Crippen molar-refractivity contribution in [3.63, 3.8) is 0 Å². The first-order valence-corrected chi connectivity index (χ1v) is 14.3. The van der Waals surface area contributed by atoms with Crippen molar-refractivity contribution in [1.29, 1.82) is 0 Å². The fraction of sp³-hybridized carbons (Fsp3) is 0.833. The van der Waals surface area contributed by atoms with E-state index >= 15 is 0 Å². The summed E-state index contributed by atoms with van der Waals surface area (Å²) in [5, 5.41) is 0. The third kappa shape index (κ3) is 18.4. The maximum Gasteiger partial charge on any atom is 0.171 e. The van der Waals surface area contributed by atoms with Gasteiger partial charge in [-0.3, -0.25) is 0 Å². The second kappa shape index (κ2) is 22.3. The molecule has 0 unspecified atom stereocenters. The van der Waals surface area contributed by atoms with Crippen LogP contribution in [0.15, 0.2) is 24.5 Å². The fourth-order valence-electron chi connectivity index (χ4n) is 4.64. The number of hydrogen-bond acceptors (Lipinski definition) is 0. The number of nitrogens with zero attached hydrogens (tertiary/aromatic N) is 1. The second-order valence-electron chi connectivity index (χ2n) is 9.92. The normalized spacial score (nSPS) is 11.3. The van der Waals surface area contributed by atoms with Gasteiger partial charge in [-0.05, 0) is 25.3 Å². The molecule has 1 nitrogen and oxygen atoms in total. The summed E-state index contributed by atoms with van der Waals surface area (Å²) in [5.41, 5.74) is 1.53. The van der Waals surface area contributed by atoms with Gasteiger partial charge in [-0.15, -0.1) is 0 Å². The SMILES string of the molecule is CCCCCCCCCCCCCCCCC[n+]1cccc(CCCCCCCC)c1. The molecule has 0 fully saturated rings. The molecule has 0 saturated heterocycles. The van der Waals surface area contributed by atoms with Crippen molar-refractivity contribution in [3.8, 4) is 0 Å². The van der Waals surface area contributed by atoms with Crippen molar-refractivity contribution in [2.24, 2.45) is 0 Å². The Balaban J connectivity index is 1.90. The van der Waals surface area contributed by atoms with E-state index in [9.17, 15) is 0 Å². The maximum absolute atomic E-state index is 2.43. The van der Waals surface area contributed by atoms with E-state index in [0.29, 0.717) is 0 Å². The molecule has 0 atom stereocenters. The summed E-state index contributed by atoms with van der Waals surface area (Å²) in [6.45, 7) is 5.79. The lowest BCUT2D eigenvalue weighted by atomic mass is 10.0. The van der Waals surface area contributed by atoms with Gasteiger partial charge in [0.05, 0.1) is 0 Å². The van der Waals surface area contributed by atoms with Crippen LogP contribution in [0, 0.1) is 0 Å². The lowest BCUT2D eigenvalue weighted by molar-refractivity contribution is -0.697. The molecule has 1 heterocycles. The minimum atomic E-state index is 1.20. The second-order valence-corrected chi connectivity index (χ2v) is 9.92. The van der Waals surface area contributed by atoms with E-state index in [4.69, 9.17) is 0 Å². The highest BCUT2D eigenvalue weighted by Gasteiger charge is 2.03. The highest BCUT2D eigenvalue weighted by atomic mass is 14.9. The molecule has 0 bridgehead atoms. The Kier molecular flexibility index (Phi) is 20.3. The quantitative estimate of drug-likeness (QED) is 0.120. The van der Waals surface area contributed by atoms with Gasteiger partial charge >= 0.3 is 0 Å². The monoisotopic (exact) mass is 430 g/mol. The van der Waals surface area contributed by atoms with Crippen LogP contribution in [0.1, 0.15) is 154 Å². The number of pyridine rings is 1. The molecule has 0 aliphatic rings. The number of hydrogen-bond donors (Lipinski definition) is 0. The van der Waals surface area contributed by atoms with E-state index in [-0.39, 0.29) is 0 Å². The Bertz CT molecular complexity index is 481. The minimum absolute atomic E-state index is 1.20. The van der Waals surface area contributed by atoms with Crippen LogP contribution in [-0.4, -0.2) is 0 Å². The van der Waals surface area contributed by atoms with E-state index in [1.807, 2.05) is 0 Å². The summed E-state index contributed by atoms with van der Waals surface area (Å²) in [5.74, 6) is 0. The molecule has 0 aliphatic heterocycles. The third-order valence-corrected chi connectivity index (χ3v) is 6.76. The Morgan fingerprint density at radius 2 is 0.935 bits per heavy atom. The van der Waals surface area contributed by atoms with Crippen molar-refractivity contribution < 1.29 is 4.57 Å². The topological polar surface area (TPSA) is 3.88 Å². The number of rotatable bonds is 23. The van der Waals surface area contributed by atoms with E-state index in [2.05, 4.69) is 42.9 Å². The van der Waals surface area contributed by atoms with Crippen LogP contribution in [-0.2, 0) is 13.0 Å². The van der Waals surface area contributed by atoms with E-state index in [1.54, 1.807) is 0 Å². The van der Waals surface area contributed by atoms with Gasteiger partial charge in [0.1, 0.15) is 6.54 Å². The lowest BCUT2D eigenvalue weighted by Gasteiger charge is -2.04. The van der Waals surface area contributed by atoms with Crippen LogP contribution < -0.4 is 4.57 Å². The molecule has 0 spiro atoms. The molecule has 31 heavy (non-hydrogen) atoms. The van der Waals surface area contributed by atoms with Gasteiger partial charge in [0.25, 0.3) is 0 Å². The zero-order valence-electron chi connectivity index (χ0n) is 21.5. The molecule has 1 aromatic rings. The average molecular weight is 431 g/mol. The van der Waals surface area contributed by atoms with Gasteiger partial charge in [-0.25, -0.2) is 4.57 Å². The fourth-order valence-corrected chi connectivity index (χ4v) is 4.64. The average Bonchev–Trinajstić information content (AvgIpc) is 2.79. The van der Waals surface area contributed by atoms with Crippen LogP contribution in [0.5, 0.6) is 0 Å². The van der Waals surface area contributed by atoms with Gasteiger partial charge in [0.2, 0.25) is 0 Å². The Hall–Kier alpha value is -0.850. The number of unbranched alkanes of at least 4 members (excludes halogenated alkanes) is 19. The summed E-state index contributed by atoms with van der Waals surface area (Å²) < 4.78 is 2.43. The van der Waals surface area contributed by atoms with Gasteiger partial charge in [-0.2, -0.15) is 0 Å². The van der Waals surface area contributed by atoms with E-state index in [1.165, 1.54) is 153 Å². The van der Waals surface area contributed by atoms with Crippen molar-refractivity contribution in [3.05, 3.63) is 30.1 Å². The molecule has 1 rings (SSSR count). The van der Waals surface area contributed by atoms with Gasteiger partial charge in [0.15, 0.2) is 12.4 Å². The molecule has 0 aromatic carbocycles. The maximum atomic E-state index is 2.43. The van der Waals surface area contributed by atoms with Crippen molar-refractivity contribution in [1.82, 2.24) is 0 Å². The summed E-state index contributed by atoms with van der Waals surface area (Å²) in [7, 11) is 0. The summed E-state index contributed by atoms with van der Waals surface area (Å²) in [6.07, 6.45) is 35.9. The molecule has 0 N–H and O–H groups in total. The Morgan fingerprint density at radius 3 is 1.42 bits per heavy atom. The summed E-state index contributed by atoms with van der Waals surface area (Å²) in [6, 6.07) is 4.56. The van der Waals surface area contributed by atoms with Crippen LogP contribution in [0.4, 0.5) is 0 Å². The largest absolute Gasteiger partial charge is 0.205 e. The first-order chi connectivity index (χ1) is 15.4. The third-order valence-electron chi connectivity index (χ3n) is 6.76.